The minimum Gasteiger partial charge on any atom is -0.461 e. The Morgan fingerprint density at radius 2 is 1.65 bits per heavy atom. The van der Waals surface area contributed by atoms with Crippen molar-refractivity contribution in [2.24, 2.45) is 12.5 Å². The van der Waals surface area contributed by atoms with E-state index >= 15 is 4.39 Å². The number of halogens is 2. The van der Waals surface area contributed by atoms with Gasteiger partial charge in [0, 0.05) is 109 Å². The minimum absolute atomic E-state index is 0. The molecule has 3 amide bonds. The molecule has 0 bridgehead atoms. The summed E-state index contributed by atoms with van der Waals surface area (Å²) in [5.41, 5.74) is 4.75. The molecule has 19 heteroatoms. The number of imide groups is 1. The number of fused-ring (bicyclic) bond motifs is 5. The highest BCUT2D eigenvalue weighted by Crippen LogP contribution is 2.43. The van der Waals surface area contributed by atoms with E-state index < -0.39 is 11.6 Å². The number of terminal acetylenes is 1. The quantitative estimate of drug-likeness (QED) is 0.0841. The van der Waals surface area contributed by atoms with E-state index in [1.54, 1.807) is 26.4 Å². The summed E-state index contributed by atoms with van der Waals surface area (Å²) in [4.78, 5) is 61.2. The van der Waals surface area contributed by atoms with E-state index in [2.05, 4.69) is 65.8 Å². The van der Waals surface area contributed by atoms with Crippen LogP contribution in [-0.4, -0.2) is 169 Å². The molecule has 13 rings (SSSR count). The Morgan fingerprint density at radius 3 is 2.38 bits per heavy atom. The Hall–Kier alpha value is -6.85. The number of pyridine rings is 1. The number of benzene rings is 3. The van der Waals surface area contributed by atoms with Gasteiger partial charge in [0.25, 0.3) is 0 Å². The predicted molar refractivity (Wildman–Crippen MR) is 310 cm³/mol. The van der Waals surface area contributed by atoms with Crippen molar-refractivity contribution in [1.29, 1.82) is 0 Å². The Balaban J connectivity index is 0.000000176. The number of carbonyl (C=O) groups is 3. The molecule has 6 fully saturated rings. The van der Waals surface area contributed by atoms with Gasteiger partial charge in [-0.3, -0.25) is 34.2 Å². The second kappa shape index (κ2) is 24.3. The van der Waals surface area contributed by atoms with Crippen LogP contribution < -0.4 is 19.9 Å². The molecule has 3 aromatic heterocycles. The standard InChI is InChI=1S/C34H33F2N5O2.C25H34N6O3.C2H6O.CH4/c1-2-23-25(35)11-9-21-7-3-8-24(27(21)23)30-29(36)31-28-26(37-30)12-10-22-19-42-18-6-17-41(22)32(28)39-33(38-31)43-20-34-13-4-15-40(34)16-5-14-34;1-25(7-9-30(17-32)10-8-25)16-29-11-13-31(14-12-29)18-3-4-19-21(15-18)28(2)27-23(19)20-5-6-22(33)26-24(20)34;1-3-2;/h1,3,7-9,11,22H,4-6,10,12-20H2;3-4,15,17,20H,5-14,16H2,1-2H3,(H,26,33,34);1-2H3;1H4. The lowest BCUT2D eigenvalue weighted by molar-refractivity contribution is -0.134. The molecule has 3 aromatic carbocycles. The fraction of sp³-hybridized carbons (Fsp3) is 0.532. The topological polar surface area (TPSA) is 164 Å². The maximum atomic E-state index is 16.9. The van der Waals surface area contributed by atoms with Crippen LogP contribution in [0.25, 0.3) is 43.8 Å². The molecule has 17 nitrogen and oxygen atoms in total. The van der Waals surface area contributed by atoms with Crippen LogP contribution in [0.4, 0.5) is 20.3 Å². The maximum Gasteiger partial charge on any atom is 0.319 e. The van der Waals surface area contributed by atoms with E-state index in [4.69, 9.17) is 30.8 Å². The first-order valence-corrected chi connectivity index (χ1v) is 28.5. The maximum absolute atomic E-state index is 16.9. The van der Waals surface area contributed by atoms with Crippen LogP contribution in [0.2, 0.25) is 0 Å². The minimum atomic E-state index is -0.585. The Labute approximate surface area is 473 Å². The number of ether oxygens (including phenoxy) is 3. The van der Waals surface area contributed by atoms with E-state index in [-0.39, 0.29) is 64.9 Å². The molecule has 6 aromatic rings. The molecule has 2 unspecified atom stereocenters. The van der Waals surface area contributed by atoms with Crippen LogP contribution in [0.1, 0.15) is 101 Å². The number of amides is 3. The first-order valence-electron chi connectivity index (χ1n) is 28.5. The summed E-state index contributed by atoms with van der Waals surface area (Å²) in [5, 5.41) is 9.89. The molecule has 6 saturated heterocycles. The van der Waals surface area contributed by atoms with Crippen LogP contribution >= 0.6 is 0 Å². The van der Waals surface area contributed by atoms with Crippen LogP contribution in [0.15, 0.2) is 48.5 Å². The smallest absolute Gasteiger partial charge is 0.319 e. The normalized spacial score (nSPS) is 21.6. The largest absolute Gasteiger partial charge is 0.461 e. The van der Waals surface area contributed by atoms with Crippen molar-refractivity contribution in [3.8, 4) is 29.6 Å². The SMILES string of the molecule is C.C#Cc1c(F)ccc2cccc(-c3nc4c5c(nc(OCC67CCCN6CCC7)nc5c3F)N3CCCOCC3CC4)c12.COC.Cn1nc(C2CCC(=O)NC2=O)c2ccc(N3CCN(CC4(C)CCN(C=O)CC4)CC3)cc21. The second-order valence-electron chi connectivity index (χ2n) is 23.1. The van der Waals surface area contributed by atoms with Gasteiger partial charge in [0.2, 0.25) is 18.2 Å². The molecule has 81 heavy (non-hydrogen) atoms. The lowest BCUT2D eigenvalue weighted by Gasteiger charge is -2.44. The molecule has 0 saturated carbocycles. The summed E-state index contributed by atoms with van der Waals surface area (Å²) in [5.74, 6) is 1.19. The van der Waals surface area contributed by atoms with Crippen LogP contribution in [0.5, 0.6) is 6.01 Å². The number of rotatable bonds is 9. The average Bonchev–Trinajstić information content (AvgIpc) is 4.28. The van der Waals surface area contributed by atoms with Crippen molar-refractivity contribution in [3.63, 3.8) is 0 Å². The van der Waals surface area contributed by atoms with Gasteiger partial charge in [0.05, 0.1) is 52.0 Å². The third-order valence-electron chi connectivity index (χ3n) is 17.9. The Bertz CT molecular complexity index is 3340. The first kappa shape index (κ1) is 57.4. The number of aromatic nitrogens is 5. The fourth-order valence-corrected chi connectivity index (χ4v) is 13.6. The number of likely N-dealkylation sites (tertiary alicyclic amines) is 1. The molecule has 430 valence electrons. The molecule has 0 radical (unpaired) electrons. The van der Waals surface area contributed by atoms with Gasteiger partial charge in [-0.2, -0.15) is 15.1 Å². The monoisotopic (exact) mass is 1110 g/mol. The summed E-state index contributed by atoms with van der Waals surface area (Å²) in [6.45, 7) is 13.8. The molecule has 0 spiro atoms. The zero-order valence-corrected chi connectivity index (χ0v) is 46.6. The van der Waals surface area contributed by atoms with Gasteiger partial charge in [0.1, 0.15) is 29.5 Å². The number of piperazine rings is 1. The van der Waals surface area contributed by atoms with E-state index in [1.807, 2.05) is 28.8 Å². The molecule has 0 aliphatic carbocycles. The zero-order valence-electron chi connectivity index (χ0n) is 46.6. The van der Waals surface area contributed by atoms with Crippen LogP contribution in [0.3, 0.4) is 0 Å². The van der Waals surface area contributed by atoms with Gasteiger partial charge in [0.15, 0.2) is 5.82 Å². The van der Waals surface area contributed by atoms with Crippen LogP contribution in [0, 0.1) is 29.4 Å². The lowest BCUT2D eigenvalue weighted by Crippen LogP contribution is -2.51. The van der Waals surface area contributed by atoms with Crippen molar-refractivity contribution in [2.45, 2.75) is 102 Å². The number of hydrogen-bond acceptors (Lipinski definition) is 14. The number of aryl methyl sites for hydroxylation is 2. The molecule has 10 heterocycles. The van der Waals surface area contributed by atoms with Crippen molar-refractivity contribution >= 4 is 62.3 Å². The third kappa shape index (κ3) is 11.4. The van der Waals surface area contributed by atoms with Gasteiger partial charge >= 0.3 is 6.01 Å². The second-order valence-corrected chi connectivity index (χ2v) is 23.1. The molecule has 7 aliphatic heterocycles. The molecule has 2 atom stereocenters. The van der Waals surface area contributed by atoms with Crippen molar-refractivity contribution < 1.29 is 37.4 Å². The highest BCUT2D eigenvalue weighted by molar-refractivity contribution is 6.04. The zero-order chi connectivity index (χ0) is 55.7. The highest BCUT2D eigenvalue weighted by Gasteiger charge is 2.45. The van der Waals surface area contributed by atoms with Gasteiger partial charge in [-0.25, -0.2) is 13.8 Å². The number of piperidine rings is 2. The molecule has 7 aliphatic rings. The number of nitrogens with zero attached hydrogens (tertiary/aromatic N) is 10. The number of anilines is 2. The third-order valence-corrected chi connectivity index (χ3v) is 17.9. The van der Waals surface area contributed by atoms with E-state index in [0.29, 0.717) is 72.3 Å². The van der Waals surface area contributed by atoms with Gasteiger partial charge in [-0.15, -0.1) is 6.42 Å². The van der Waals surface area contributed by atoms with Gasteiger partial charge < -0.3 is 28.9 Å². The van der Waals surface area contributed by atoms with E-state index in [1.165, 1.54) is 11.8 Å². The lowest BCUT2D eigenvalue weighted by atomic mass is 9.80. The Kier molecular flexibility index (Phi) is 17.2. The fourth-order valence-electron chi connectivity index (χ4n) is 13.6. The van der Waals surface area contributed by atoms with E-state index in [9.17, 15) is 18.8 Å². The molecular formula is C62H77F2N11O6. The number of hydrogen-bond donors (Lipinski definition) is 1. The van der Waals surface area contributed by atoms with Crippen LogP contribution in [-0.2, 0) is 37.3 Å². The number of nitrogens with one attached hydrogen (secondary N) is 1. The highest BCUT2D eigenvalue weighted by atomic mass is 19.1. The number of carbonyl (C=O) groups excluding carboxylic acids is 3. The Morgan fingerprint density at radius 1 is 0.889 bits per heavy atom. The van der Waals surface area contributed by atoms with Crippen molar-refractivity contribution in [2.75, 3.05) is 109 Å². The predicted octanol–water partition coefficient (Wildman–Crippen LogP) is 8.03. The van der Waals surface area contributed by atoms with E-state index in [0.717, 1.165) is 140 Å². The summed E-state index contributed by atoms with van der Waals surface area (Å²) in [6, 6.07) is 15.0. The summed E-state index contributed by atoms with van der Waals surface area (Å²) in [7, 11) is 5.16. The van der Waals surface area contributed by atoms with Crippen molar-refractivity contribution in [1.82, 2.24) is 44.7 Å². The summed E-state index contributed by atoms with van der Waals surface area (Å²) < 4.78 is 50.2. The first-order chi connectivity index (χ1) is 38.8. The molecular weight excluding hydrogens is 1030 g/mol. The van der Waals surface area contributed by atoms with Crippen molar-refractivity contribution in [3.05, 3.63) is 77.1 Å². The molecule has 1 N–H and O–H groups in total. The summed E-state index contributed by atoms with van der Waals surface area (Å²) >= 11 is 0. The summed E-state index contributed by atoms with van der Waals surface area (Å²) in [6.07, 6.45) is 16.4. The number of methoxy groups -OCH3 is 1. The average molecular weight is 1110 g/mol. The van der Waals surface area contributed by atoms with Gasteiger partial charge in [-0.05, 0) is 112 Å². The van der Waals surface area contributed by atoms with Gasteiger partial charge in [-0.1, -0.05) is 44.5 Å².